The van der Waals surface area contributed by atoms with Crippen molar-refractivity contribution < 1.29 is 27.5 Å². The molecule has 1 heterocycles. The van der Waals surface area contributed by atoms with Gasteiger partial charge in [-0.1, -0.05) is 33.6 Å². The number of imide groups is 1. The number of amides is 2. The summed E-state index contributed by atoms with van der Waals surface area (Å²) in [6.45, 7) is 2.96. The first kappa shape index (κ1) is 19.6. The van der Waals surface area contributed by atoms with Crippen molar-refractivity contribution in [3.05, 3.63) is 29.8 Å². The molecule has 1 aliphatic rings. The molecule has 0 N–H and O–H groups in total. The summed E-state index contributed by atoms with van der Waals surface area (Å²) in [5.41, 5.74) is 0.863. The lowest BCUT2D eigenvalue weighted by Crippen LogP contribution is -2.53. The molecule has 0 spiro atoms. The van der Waals surface area contributed by atoms with E-state index < -0.39 is 37.3 Å². The van der Waals surface area contributed by atoms with E-state index in [0.29, 0.717) is 4.90 Å². The molecule has 1 fully saturated rings. The number of rotatable bonds is 4. The number of benzene rings is 1. The number of methoxy groups -OCH3 is 1. The Morgan fingerprint density at radius 3 is 2.36 bits per heavy atom. The van der Waals surface area contributed by atoms with Crippen LogP contribution in [0.2, 0.25) is 0 Å². The van der Waals surface area contributed by atoms with Crippen LogP contribution in [0.4, 0.5) is 0 Å². The number of alkyl halides is 1. The molecule has 0 bridgehead atoms. The van der Waals surface area contributed by atoms with Crippen molar-refractivity contribution >= 4 is 43.6 Å². The second kappa shape index (κ2) is 6.87. The quantitative estimate of drug-likeness (QED) is 0.529. The number of carbonyl (C=O) groups excluding carboxylic acids is 3. The molecule has 1 saturated heterocycles. The fraction of sp³-hybridized carbons (Fsp3) is 0.438. The maximum atomic E-state index is 12.9. The number of sulfone groups is 1. The van der Waals surface area contributed by atoms with Gasteiger partial charge in [0.25, 0.3) is 5.91 Å². The number of ether oxygens (including phenoxy) is 1. The molecule has 136 valence electrons. The summed E-state index contributed by atoms with van der Waals surface area (Å²) in [6.07, 6.45) is 0.0735. The second-order valence-electron chi connectivity index (χ2n) is 5.88. The van der Waals surface area contributed by atoms with Gasteiger partial charge in [0, 0.05) is 6.42 Å². The van der Waals surface area contributed by atoms with Crippen molar-refractivity contribution in [2.24, 2.45) is 0 Å². The maximum Gasteiger partial charge on any atom is 0.329 e. The van der Waals surface area contributed by atoms with Gasteiger partial charge in [-0.15, -0.1) is 0 Å². The normalized spacial score (nSPS) is 20.2. The molecule has 2 atom stereocenters. The van der Waals surface area contributed by atoms with Crippen LogP contribution in [0.1, 0.15) is 25.3 Å². The van der Waals surface area contributed by atoms with Crippen molar-refractivity contribution in [1.29, 1.82) is 0 Å². The van der Waals surface area contributed by atoms with Crippen LogP contribution in [-0.4, -0.2) is 47.9 Å². The Labute approximate surface area is 154 Å². The summed E-state index contributed by atoms with van der Waals surface area (Å²) in [5.74, 6) is -2.37. The first-order valence-corrected chi connectivity index (χ1v) is 9.76. The van der Waals surface area contributed by atoms with Gasteiger partial charge in [-0.3, -0.25) is 14.5 Å². The van der Waals surface area contributed by atoms with E-state index in [-0.39, 0.29) is 17.7 Å². The fourth-order valence-corrected chi connectivity index (χ4v) is 4.58. The summed E-state index contributed by atoms with van der Waals surface area (Å²) >= 11 is 2.98. The van der Waals surface area contributed by atoms with Crippen molar-refractivity contribution in [3.63, 3.8) is 0 Å². The molecule has 0 aliphatic carbocycles. The van der Waals surface area contributed by atoms with E-state index in [2.05, 4.69) is 20.7 Å². The molecule has 1 aromatic carbocycles. The minimum Gasteiger partial charge on any atom is -0.467 e. The smallest absolute Gasteiger partial charge is 0.329 e. The van der Waals surface area contributed by atoms with E-state index in [9.17, 15) is 22.8 Å². The standard InChI is InChI=1S/C16H18BrNO6S/c1-10-4-6-11(7-5-10)25(22,23)16(2,17)15(21)18-12(14(20)24-3)8-9-13(18)19/h4-7,12H,8-9H2,1-3H3. The topological polar surface area (TPSA) is 97.8 Å². The first-order chi connectivity index (χ1) is 11.5. The third kappa shape index (κ3) is 3.35. The van der Waals surface area contributed by atoms with Gasteiger partial charge in [-0.05, 0) is 32.4 Å². The fourth-order valence-electron chi connectivity index (χ4n) is 2.57. The number of halogens is 1. The van der Waals surface area contributed by atoms with Gasteiger partial charge < -0.3 is 4.74 Å². The molecule has 7 nitrogen and oxygen atoms in total. The average molecular weight is 432 g/mol. The molecule has 0 saturated carbocycles. The van der Waals surface area contributed by atoms with E-state index >= 15 is 0 Å². The maximum absolute atomic E-state index is 12.9. The van der Waals surface area contributed by atoms with Crippen molar-refractivity contribution in [1.82, 2.24) is 4.90 Å². The summed E-state index contributed by atoms with van der Waals surface area (Å²) in [6, 6.07) is 4.88. The number of hydrogen-bond donors (Lipinski definition) is 0. The lowest BCUT2D eigenvalue weighted by atomic mass is 10.2. The Bertz CT molecular complexity index is 816. The molecule has 1 aliphatic heterocycles. The van der Waals surface area contributed by atoms with Crippen molar-refractivity contribution in [2.75, 3.05) is 7.11 Å². The molecule has 2 rings (SSSR count). The molecule has 0 aromatic heterocycles. The summed E-state index contributed by atoms with van der Waals surface area (Å²) in [5, 5.41) is 0. The number of likely N-dealkylation sites (tertiary alicyclic amines) is 1. The summed E-state index contributed by atoms with van der Waals surface area (Å²) in [4.78, 5) is 37.4. The van der Waals surface area contributed by atoms with Gasteiger partial charge in [-0.2, -0.15) is 0 Å². The largest absolute Gasteiger partial charge is 0.467 e. The van der Waals surface area contributed by atoms with E-state index in [1.807, 2.05) is 0 Å². The van der Waals surface area contributed by atoms with Gasteiger partial charge in [-0.25, -0.2) is 13.2 Å². The Kier molecular flexibility index (Phi) is 5.38. The third-order valence-electron chi connectivity index (χ3n) is 4.12. The van der Waals surface area contributed by atoms with Crippen LogP contribution in [0, 0.1) is 6.92 Å². The monoisotopic (exact) mass is 431 g/mol. The number of esters is 1. The predicted molar refractivity (Wildman–Crippen MR) is 92.6 cm³/mol. The zero-order valence-electron chi connectivity index (χ0n) is 14.0. The van der Waals surface area contributed by atoms with Gasteiger partial charge in [0.05, 0.1) is 12.0 Å². The highest BCUT2D eigenvalue weighted by molar-refractivity contribution is 9.12. The van der Waals surface area contributed by atoms with Crippen LogP contribution in [0.25, 0.3) is 0 Å². The minimum absolute atomic E-state index is 0.0286. The molecule has 1 aromatic rings. The van der Waals surface area contributed by atoms with E-state index in [1.54, 1.807) is 19.1 Å². The molecular weight excluding hydrogens is 414 g/mol. The van der Waals surface area contributed by atoms with Gasteiger partial charge in [0.1, 0.15) is 6.04 Å². The lowest BCUT2D eigenvalue weighted by Gasteiger charge is -2.29. The highest BCUT2D eigenvalue weighted by Gasteiger charge is 2.53. The molecule has 2 amide bonds. The Morgan fingerprint density at radius 2 is 1.84 bits per heavy atom. The van der Waals surface area contributed by atoms with Crippen LogP contribution in [0.3, 0.4) is 0 Å². The van der Waals surface area contributed by atoms with E-state index in [4.69, 9.17) is 0 Å². The minimum atomic E-state index is -4.15. The number of aryl methyl sites for hydroxylation is 1. The van der Waals surface area contributed by atoms with E-state index in [1.165, 1.54) is 12.1 Å². The number of carbonyl (C=O) groups is 3. The van der Waals surface area contributed by atoms with Crippen molar-refractivity contribution in [2.45, 2.75) is 41.3 Å². The van der Waals surface area contributed by atoms with E-state index in [0.717, 1.165) is 19.6 Å². The molecule has 25 heavy (non-hydrogen) atoms. The summed E-state index contributed by atoms with van der Waals surface area (Å²) in [7, 11) is -3.01. The number of nitrogens with zero attached hydrogens (tertiary/aromatic N) is 1. The highest BCUT2D eigenvalue weighted by Crippen LogP contribution is 2.36. The zero-order chi connectivity index (χ0) is 19.0. The Morgan fingerprint density at radius 1 is 1.28 bits per heavy atom. The Balaban J connectivity index is 2.43. The highest BCUT2D eigenvalue weighted by atomic mass is 79.9. The third-order valence-corrected chi connectivity index (χ3v) is 7.82. The molecule has 2 unspecified atom stereocenters. The molecule has 9 heteroatoms. The molecule has 0 radical (unpaired) electrons. The zero-order valence-corrected chi connectivity index (χ0v) is 16.4. The van der Waals surface area contributed by atoms with Crippen molar-refractivity contribution in [3.8, 4) is 0 Å². The molecular formula is C16H18BrNO6S. The van der Waals surface area contributed by atoms with Gasteiger partial charge >= 0.3 is 5.97 Å². The lowest BCUT2D eigenvalue weighted by molar-refractivity contribution is -0.155. The predicted octanol–water partition coefficient (Wildman–Crippen LogP) is 1.57. The summed E-state index contributed by atoms with van der Waals surface area (Å²) < 4.78 is 28.3. The Hall–Kier alpha value is -1.74. The van der Waals surface area contributed by atoms with Crippen LogP contribution < -0.4 is 0 Å². The van der Waals surface area contributed by atoms with Crippen LogP contribution >= 0.6 is 15.9 Å². The first-order valence-electron chi connectivity index (χ1n) is 7.48. The second-order valence-corrected chi connectivity index (χ2v) is 10.3. The average Bonchev–Trinajstić information content (AvgIpc) is 2.95. The van der Waals surface area contributed by atoms with Gasteiger partial charge in [0.2, 0.25) is 19.4 Å². The van der Waals surface area contributed by atoms with Gasteiger partial charge in [0.15, 0.2) is 0 Å². The number of hydrogen-bond acceptors (Lipinski definition) is 6. The SMILES string of the molecule is COC(=O)C1CCC(=O)N1C(=O)C(C)(Br)S(=O)(=O)c1ccc(C)cc1. The van der Waals surface area contributed by atoms with Crippen LogP contribution in [0.5, 0.6) is 0 Å². The van der Waals surface area contributed by atoms with Crippen LogP contribution in [-0.2, 0) is 29.0 Å². The van der Waals surface area contributed by atoms with Crippen LogP contribution in [0.15, 0.2) is 29.2 Å².